The van der Waals surface area contributed by atoms with Crippen LogP contribution in [0.2, 0.25) is 0 Å². The molecule has 1 aromatic rings. The monoisotopic (exact) mass is 232 g/mol. The Balaban J connectivity index is 2.98. The fourth-order valence-electron chi connectivity index (χ4n) is 1.38. The lowest BCUT2D eigenvalue weighted by molar-refractivity contribution is -0.121. The van der Waals surface area contributed by atoms with Crippen molar-refractivity contribution < 1.29 is 4.79 Å². The molecule has 3 heteroatoms. The molecule has 1 amide bonds. The molecule has 0 fully saturated rings. The Bertz CT molecular complexity index is 390. The fourth-order valence-corrected chi connectivity index (χ4v) is 1.38. The van der Waals surface area contributed by atoms with E-state index in [4.69, 9.17) is 0 Å². The Morgan fingerprint density at radius 3 is 2.35 bits per heavy atom. The lowest BCUT2D eigenvalue weighted by Crippen LogP contribution is -2.25. The van der Waals surface area contributed by atoms with E-state index in [1.165, 1.54) is 0 Å². The van der Waals surface area contributed by atoms with E-state index >= 15 is 0 Å². The molecule has 0 aliphatic carbocycles. The molecule has 0 unspecified atom stereocenters. The molecule has 0 saturated heterocycles. The van der Waals surface area contributed by atoms with Gasteiger partial charge in [0, 0.05) is 13.3 Å². The van der Waals surface area contributed by atoms with E-state index < -0.39 is 6.04 Å². The van der Waals surface area contributed by atoms with E-state index in [1.807, 2.05) is 36.5 Å². The van der Waals surface area contributed by atoms with Crippen LogP contribution in [-0.2, 0) is 4.79 Å². The third-order valence-corrected chi connectivity index (χ3v) is 2.22. The number of benzene rings is 1. The summed E-state index contributed by atoms with van der Waals surface area (Å²) in [6, 6.07) is 9.13. The van der Waals surface area contributed by atoms with Crippen LogP contribution in [-0.4, -0.2) is 19.2 Å². The predicted octanol–water partition coefficient (Wildman–Crippen LogP) is 2.59. The van der Waals surface area contributed by atoms with Crippen LogP contribution in [0.15, 0.2) is 35.3 Å². The van der Waals surface area contributed by atoms with Crippen molar-refractivity contribution in [2.75, 3.05) is 7.05 Å². The normalized spacial score (nSPS) is 13.6. The van der Waals surface area contributed by atoms with Gasteiger partial charge in [0.1, 0.15) is 0 Å². The largest absolute Gasteiger partial charge is 0.357 e. The highest BCUT2D eigenvalue weighted by Crippen LogP contribution is 2.19. The van der Waals surface area contributed by atoms with Gasteiger partial charge in [0.05, 0.1) is 0 Å². The summed E-state index contributed by atoms with van der Waals surface area (Å²) in [6.45, 7) is 6.17. The van der Waals surface area contributed by atoms with Crippen LogP contribution in [0.1, 0.15) is 32.4 Å². The standard InChI is InChI=1S/C14H20N2O/c1-14(2,3)10-16-12(13(17)15-4)11-8-6-5-7-9-11/h5-10,12H,1-4H3,(H,15,17)/t12-/m1/s1. The summed E-state index contributed by atoms with van der Waals surface area (Å²) < 4.78 is 0. The van der Waals surface area contributed by atoms with Crippen molar-refractivity contribution in [3.05, 3.63) is 35.9 Å². The highest BCUT2D eigenvalue weighted by Gasteiger charge is 2.18. The van der Waals surface area contributed by atoms with E-state index in [9.17, 15) is 4.79 Å². The Kier molecular flexibility index (Phi) is 4.44. The summed E-state index contributed by atoms with van der Waals surface area (Å²) in [6.07, 6.45) is 1.83. The molecular weight excluding hydrogens is 212 g/mol. The second kappa shape index (κ2) is 5.62. The molecule has 0 spiro atoms. The molecule has 17 heavy (non-hydrogen) atoms. The van der Waals surface area contributed by atoms with Crippen LogP contribution in [0.3, 0.4) is 0 Å². The first-order valence-electron chi connectivity index (χ1n) is 5.75. The minimum Gasteiger partial charge on any atom is -0.357 e. The lowest BCUT2D eigenvalue weighted by atomic mass is 9.98. The van der Waals surface area contributed by atoms with Crippen molar-refractivity contribution in [3.63, 3.8) is 0 Å². The van der Waals surface area contributed by atoms with Gasteiger partial charge in [-0.1, -0.05) is 51.1 Å². The number of aliphatic imine (C=N–C) groups is 1. The van der Waals surface area contributed by atoms with Gasteiger partial charge in [-0.2, -0.15) is 0 Å². The van der Waals surface area contributed by atoms with Gasteiger partial charge < -0.3 is 5.32 Å². The average molecular weight is 232 g/mol. The second-order valence-electron chi connectivity index (χ2n) is 5.07. The highest BCUT2D eigenvalue weighted by atomic mass is 16.2. The van der Waals surface area contributed by atoms with Gasteiger partial charge in [0.2, 0.25) is 5.91 Å². The van der Waals surface area contributed by atoms with Gasteiger partial charge in [0.25, 0.3) is 0 Å². The van der Waals surface area contributed by atoms with Crippen LogP contribution < -0.4 is 5.32 Å². The van der Waals surface area contributed by atoms with Crippen molar-refractivity contribution in [1.82, 2.24) is 5.32 Å². The number of rotatable bonds is 3. The molecule has 92 valence electrons. The summed E-state index contributed by atoms with van der Waals surface area (Å²) in [5.41, 5.74) is 0.883. The summed E-state index contributed by atoms with van der Waals surface area (Å²) in [7, 11) is 1.63. The number of hydrogen-bond acceptors (Lipinski definition) is 2. The van der Waals surface area contributed by atoms with E-state index in [0.717, 1.165) is 5.56 Å². The molecule has 3 nitrogen and oxygen atoms in total. The quantitative estimate of drug-likeness (QED) is 0.800. The average Bonchev–Trinajstić information content (AvgIpc) is 2.29. The maximum absolute atomic E-state index is 11.8. The number of amides is 1. The molecule has 0 aromatic heterocycles. The fraction of sp³-hybridized carbons (Fsp3) is 0.429. The first kappa shape index (κ1) is 13.4. The molecule has 1 N–H and O–H groups in total. The van der Waals surface area contributed by atoms with Gasteiger partial charge in [-0.25, -0.2) is 0 Å². The van der Waals surface area contributed by atoms with Gasteiger partial charge in [0.15, 0.2) is 6.04 Å². The van der Waals surface area contributed by atoms with Crippen LogP contribution in [0, 0.1) is 5.41 Å². The van der Waals surface area contributed by atoms with Crippen molar-refractivity contribution in [2.45, 2.75) is 26.8 Å². The van der Waals surface area contributed by atoms with Crippen LogP contribution in [0.25, 0.3) is 0 Å². The maximum Gasteiger partial charge on any atom is 0.249 e. The van der Waals surface area contributed by atoms with Crippen molar-refractivity contribution in [3.8, 4) is 0 Å². The molecule has 1 aromatic carbocycles. The molecule has 0 bridgehead atoms. The zero-order valence-electron chi connectivity index (χ0n) is 10.9. The summed E-state index contributed by atoms with van der Waals surface area (Å²) in [5, 5.41) is 2.65. The smallest absolute Gasteiger partial charge is 0.249 e. The zero-order chi connectivity index (χ0) is 12.9. The highest BCUT2D eigenvalue weighted by molar-refractivity contribution is 5.84. The Morgan fingerprint density at radius 1 is 1.29 bits per heavy atom. The number of carbonyl (C=O) groups is 1. The first-order valence-corrected chi connectivity index (χ1v) is 5.75. The van der Waals surface area contributed by atoms with Crippen LogP contribution in [0.4, 0.5) is 0 Å². The molecule has 0 saturated carbocycles. The topological polar surface area (TPSA) is 41.5 Å². The zero-order valence-corrected chi connectivity index (χ0v) is 10.9. The maximum atomic E-state index is 11.8. The molecule has 0 radical (unpaired) electrons. The van der Waals surface area contributed by atoms with Gasteiger partial charge >= 0.3 is 0 Å². The van der Waals surface area contributed by atoms with E-state index in [1.54, 1.807) is 7.05 Å². The molecule has 0 aliphatic heterocycles. The molecular formula is C14H20N2O. The third kappa shape index (κ3) is 4.39. The number of nitrogens with one attached hydrogen (secondary N) is 1. The number of likely N-dealkylation sites (N-methyl/N-ethyl adjacent to an activating group) is 1. The number of hydrogen-bond donors (Lipinski definition) is 1. The van der Waals surface area contributed by atoms with Gasteiger partial charge in [-0.15, -0.1) is 0 Å². The summed E-state index contributed by atoms with van der Waals surface area (Å²) in [5.74, 6) is -0.0864. The predicted molar refractivity (Wildman–Crippen MR) is 71.2 cm³/mol. The minimum atomic E-state index is -0.458. The van der Waals surface area contributed by atoms with Crippen molar-refractivity contribution in [2.24, 2.45) is 10.4 Å². The van der Waals surface area contributed by atoms with E-state index in [2.05, 4.69) is 31.1 Å². The van der Waals surface area contributed by atoms with Gasteiger partial charge in [-0.05, 0) is 11.0 Å². The van der Waals surface area contributed by atoms with E-state index in [0.29, 0.717) is 0 Å². The molecule has 1 atom stereocenters. The number of nitrogens with zero attached hydrogens (tertiary/aromatic N) is 1. The first-order chi connectivity index (χ1) is 7.94. The Hall–Kier alpha value is -1.64. The van der Waals surface area contributed by atoms with E-state index in [-0.39, 0.29) is 11.3 Å². The second-order valence-corrected chi connectivity index (χ2v) is 5.07. The van der Waals surface area contributed by atoms with Crippen LogP contribution >= 0.6 is 0 Å². The number of carbonyl (C=O) groups excluding carboxylic acids is 1. The molecule has 0 heterocycles. The Morgan fingerprint density at radius 2 is 1.88 bits per heavy atom. The lowest BCUT2D eigenvalue weighted by Gasteiger charge is -2.15. The van der Waals surface area contributed by atoms with Crippen molar-refractivity contribution in [1.29, 1.82) is 0 Å². The third-order valence-electron chi connectivity index (χ3n) is 2.22. The van der Waals surface area contributed by atoms with Gasteiger partial charge in [-0.3, -0.25) is 9.79 Å². The van der Waals surface area contributed by atoms with Crippen LogP contribution in [0.5, 0.6) is 0 Å². The minimum absolute atomic E-state index is 0.0267. The molecule has 1 rings (SSSR count). The Labute approximate surface area is 103 Å². The molecule has 0 aliphatic rings. The SMILES string of the molecule is CNC(=O)[C@H](N=CC(C)(C)C)c1ccccc1. The summed E-state index contributed by atoms with van der Waals surface area (Å²) >= 11 is 0. The summed E-state index contributed by atoms with van der Waals surface area (Å²) in [4.78, 5) is 16.2. The van der Waals surface area contributed by atoms with Crippen molar-refractivity contribution >= 4 is 12.1 Å².